The number of rotatable bonds is 8. The lowest BCUT2D eigenvalue weighted by Gasteiger charge is -2.15. The van der Waals surface area contributed by atoms with E-state index in [0.29, 0.717) is 33.7 Å². The van der Waals surface area contributed by atoms with Crippen LogP contribution in [0.4, 0.5) is 0 Å². The van der Waals surface area contributed by atoms with E-state index in [9.17, 15) is 9.59 Å². The van der Waals surface area contributed by atoms with Crippen LogP contribution in [0.15, 0.2) is 58.2 Å². The number of nitrogens with zero attached hydrogens (tertiary/aromatic N) is 3. The van der Waals surface area contributed by atoms with Crippen LogP contribution in [0.25, 0.3) is 0 Å². The molecule has 0 aliphatic carbocycles. The molecule has 9 heteroatoms. The lowest BCUT2D eigenvalue weighted by molar-refractivity contribution is 0.0936. The van der Waals surface area contributed by atoms with Crippen molar-refractivity contribution in [1.82, 2.24) is 20.1 Å². The quantitative estimate of drug-likeness (QED) is 0.336. The molecular weight excluding hydrogens is 488 g/mol. The summed E-state index contributed by atoms with van der Waals surface area (Å²) in [6, 6.07) is 13.6. The average molecular weight is 508 g/mol. The SMILES string of the molecule is CCn1c(SCC(=O)c2ccc(Br)cc2)nnc1[C@@H](C)NC(=O)c1ccc(Cl)cc1. The molecule has 1 amide bonds. The Balaban J connectivity index is 1.66. The fourth-order valence-corrected chi connectivity index (χ4v) is 4.11. The number of ketones is 1. The molecule has 6 nitrogen and oxygen atoms in total. The van der Waals surface area contributed by atoms with Crippen LogP contribution in [-0.2, 0) is 6.54 Å². The van der Waals surface area contributed by atoms with Crippen molar-refractivity contribution in [2.45, 2.75) is 31.6 Å². The third kappa shape index (κ3) is 5.50. The standard InChI is InChI=1S/C21H20BrClN4O2S/c1-3-27-19(13(2)24-20(29)15-6-10-17(23)11-7-15)25-26-21(27)30-12-18(28)14-4-8-16(22)9-5-14/h4-11,13H,3,12H2,1-2H3,(H,24,29)/t13-/m1/s1. The number of halogens is 2. The van der Waals surface area contributed by atoms with Crippen molar-refractivity contribution in [3.05, 3.63) is 75.0 Å². The van der Waals surface area contributed by atoms with Crippen molar-refractivity contribution in [3.8, 4) is 0 Å². The van der Waals surface area contributed by atoms with Crippen LogP contribution in [0.3, 0.4) is 0 Å². The number of hydrogen-bond acceptors (Lipinski definition) is 5. The van der Waals surface area contributed by atoms with Gasteiger partial charge in [-0.1, -0.05) is 51.4 Å². The molecule has 30 heavy (non-hydrogen) atoms. The van der Waals surface area contributed by atoms with Crippen LogP contribution < -0.4 is 5.32 Å². The Morgan fingerprint density at radius 3 is 2.37 bits per heavy atom. The fourth-order valence-electron chi connectivity index (χ4n) is 2.82. The van der Waals surface area contributed by atoms with E-state index in [2.05, 4.69) is 31.4 Å². The second-order valence-electron chi connectivity index (χ2n) is 6.51. The maximum Gasteiger partial charge on any atom is 0.251 e. The van der Waals surface area contributed by atoms with Gasteiger partial charge in [0.05, 0.1) is 11.8 Å². The average Bonchev–Trinajstić information content (AvgIpc) is 3.16. The molecule has 0 unspecified atom stereocenters. The van der Waals surface area contributed by atoms with E-state index in [1.165, 1.54) is 11.8 Å². The molecule has 3 aromatic rings. The number of amides is 1. The van der Waals surface area contributed by atoms with Gasteiger partial charge >= 0.3 is 0 Å². The van der Waals surface area contributed by atoms with Gasteiger partial charge in [-0.25, -0.2) is 0 Å². The molecule has 1 heterocycles. The van der Waals surface area contributed by atoms with Gasteiger partial charge in [-0.3, -0.25) is 9.59 Å². The van der Waals surface area contributed by atoms with Crippen molar-refractivity contribution in [2.75, 3.05) is 5.75 Å². The Kier molecular flexibility index (Phi) is 7.69. The Bertz CT molecular complexity index is 1040. The molecule has 0 bridgehead atoms. The molecule has 0 spiro atoms. The van der Waals surface area contributed by atoms with Gasteiger partial charge in [-0.2, -0.15) is 0 Å². The van der Waals surface area contributed by atoms with Crippen molar-refractivity contribution >= 4 is 51.0 Å². The Labute approximate surface area is 192 Å². The monoisotopic (exact) mass is 506 g/mol. The predicted molar refractivity (Wildman–Crippen MR) is 122 cm³/mol. The number of hydrogen-bond donors (Lipinski definition) is 1. The Hall–Kier alpha value is -2.16. The van der Waals surface area contributed by atoms with Gasteiger partial charge in [0.25, 0.3) is 5.91 Å². The third-order valence-electron chi connectivity index (χ3n) is 4.40. The smallest absolute Gasteiger partial charge is 0.251 e. The number of Topliss-reactive ketones (excluding diaryl/α,β-unsaturated/α-hetero) is 1. The summed E-state index contributed by atoms with van der Waals surface area (Å²) in [5, 5.41) is 12.6. The first kappa shape index (κ1) is 22.5. The number of carbonyl (C=O) groups is 2. The molecule has 0 aliphatic rings. The van der Waals surface area contributed by atoms with E-state index in [-0.39, 0.29) is 23.5 Å². The highest BCUT2D eigenvalue weighted by atomic mass is 79.9. The summed E-state index contributed by atoms with van der Waals surface area (Å²) in [5.41, 5.74) is 1.17. The lowest BCUT2D eigenvalue weighted by Crippen LogP contribution is -2.28. The molecule has 2 aromatic carbocycles. The van der Waals surface area contributed by atoms with Gasteiger partial charge in [0, 0.05) is 27.2 Å². The molecule has 156 valence electrons. The van der Waals surface area contributed by atoms with Crippen LogP contribution >= 0.6 is 39.3 Å². The molecule has 0 radical (unpaired) electrons. The maximum absolute atomic E-state index is 12.5. The minimum absolute atomic E-state index is 0.0174. The van der Waals surface area contributed by atoms with Crippen LogP contribution in [0.1, 0.15) is 46.4 Å². The Morgan fingerprint density at radius 1 is 1.10 bits per heavy atom. The highest BCUT2D eigenvalue weighted by Gasteiger charge is 2.20. The van der Waals surface area contributed by atoms with E-state index in [1.807, 2.05) is 30.5 Å². The molecule has 1 N–H and O–H groups in total. The third-order valence-corrected chi connectivity index (χ3v) is 6.15. The van der Waals surface area contributed by atoms with Gasteiger partial charge in [0.2, 0.25) is 0 Å². The van der Waals surface area contributed by atoms with E-state index in [4.69, 9.17) is 11.6 Å². The first-order valence-electron chi connectivity index (χ1n) is 9.30. The van der Waals surface area contributed by atoms with Crippen LogP contribution in [0.2, 0.25) is 5.02 Å². The summed E-state index contributed by atoms with van der Waals surface area (Å²) >= 11 is 10.6. The van der Waals surface area contributed by atoms with E-state index >= 15 is 0 Å². The van der Waals surface area contributed by atoms with Gasteiger partial charge in [-0.05, 0) is 50.2 Å². The van der Waals surface area contributed by atoms with Gasteiger partial charge < -0.3 is 9.88 Å². The first-order chi connectivity index (χ1) is 14.4. The molecule has 1 aromatic heterocycles. The fraction of sp³-hybridized carbons (Fsp3) is 0.238. The topological polar surface area (TPSA) is 76.9 Å². The molecule has 3 rings (SSSR count). The summed E-state index contributed by atoms with van der Waals surface area (Å²) < 4.78 is 2.84. The van der Waals surface area contributed by atoms with Gasteiger partial charge in [0.1, 0.15) is 0 Å². The number of benzene rings is 2. The minimum atomic E-state index is -0.350. The zero-order valence-electron chi connectivity index (χ0n) is 16.4. The van der Waals surface area contributed by atoms with Crippen molar-refractivity contribution in [2.24, 2.45) is 0 Å². The number of thioether (sulfide) groups is 1. The zero-order chi connectivity index (χ0) is 21.7. The number of carbonyl (C=O) groups excluding carboxylic acids is 2. The van der Waals surface area contributed by atoms with Crippen molar-refractivity contribution in [3.63, 3.8) is 0 Å². The molecule has 0 saturated heterocycles. The van der Waals surface area contributed by atoms with Crippen molar-refractivity contribution < 1.29 is 9.59 Å². The number of nitrogens with one attached hydrogen (secondary N) is 1. The van der Waals surface area contributed by atoms with E-state index in [0.717, 1.165) is 4.47 Å². The highest BCUT2D eigenvalue weighted by Crippen LogP contribution is 2.22. The molecule has 1 atom stereocenters. The van der Waals surface area contributed by atoms with E-state index in [1.54, 1.807) is 36.4 Å². The van der Waals surface area contributed by atoms with Gasteiger partial charge in [0.15, 0.2) is 16.8 Å². The van der Waals surface area contributed by atoms with E-state index < -0.39 is 0 Å². The number of aromatic nitrogens is 3. The zero-order valence-corrected chi connectivity index (χ0v) is 19.6. The lowest BCUT2D eigenvalue weighted by atomic mass is 10.2. The van der Waals surface area contributed by atoms with Crippen LogP contribution in [0.5, 0.6) is 0 Å². The first-order valence-corrected chi connectivity index (χ1v) is 11.5. The second-order valence-corrected chi connectivity index (χ2v) is 8.80. The summed E-state index contributed by atoms with van der Waals surface area (Å²) in [5.74, 6) is 0.692. The summed E-state index contributed by atoms with van der Waals surface area (Å²) in [7, 11) is 0. The van der Waals surface area contributed by atoms with Gasteiger partial charge in [-0.15, -0.1) is 10.2 Å². The predicted octanol–water partition coefficient (Wildman–Crippen LogP) is 5.18. The minimum Gasteiger partial charge on any atom is -0.342 e. The second kappa shape index (κ2) is 10.2. The van der Waals surface area contributed by atoms with Crippen molar-refractivity contribution in [1.29, 1.82) is 0 Å². The van der Waals surface area contributed by atoms with Crippen LogP contribution in [0, 0.1) is 0 Å². The van der Waals surface area contributed by atoms with Crippen LogP contribution in [-0.4, -0.2) is 32.2 Å². The maximum atomic E-state index is 12.5. The highest BCUT2D eigenvalue weighted by molar-refractivity contribution is 9.10. The molecular formula is C21H20BrClN4O2S. The molecule has 0 aliphatic heterocycles. The largest absolute Gasteiger partial charge is 0.342 e. The molecule has 0 saturated carbocycles. The summed E-state index contributed by atoms with van der Waals surface area (Å²) in [4.78, 5) is 24.9. The normalized spacial score (nSPS) is 11.9. The summed E-state index contributed by atoms with van der Waals surface area (Å²) in [6.07, 6.45) is 0. The summed E-state index contributed by atoms with van der Waals surface area (Å²) in [6.45, 7) is 4.45. The Morgan fingerprint density at radius 2 is 1.73 bits per heavy atom. The molecule has 0 fully saturated rings.